The third-order valence-electron chi connectivity index (χ3n) is 7.21. The lowest BCUT2D eigenvalue weighted by atomic mass is 10.1. The highest BCUT2D eigenvalue weighted by Crippen LogP contribution is 2.26. The summed E-state index contributed by atoms with van der Waals surface area (Å²) in [6.07, 6.45) is 6.13. The summed E-state index contributed by atoms with van der Waals surface area (Å²) in [5, 5.41) is 8.91. The van der Waals surface area contributed by atoms with Gasteiger partial charge in [0.2, 0.25) is 0 Å². The van der Waals surface area contributed by atoms with Gasteiger partial charge >= 0.3 is 18.2 Å². The van der Waals surface area contributed by atoms with Crippen LogP contribution in [-0.4, -0.2) is 53.5 Å². The Morgan fingerprint density at radius 3 is 1.56 bits per heavy atom. The maximum Gasteiger partial charge on any atom is 0.421 e. The largest absolute Gasteiger partial charge is 0.459 e. The zero-order valence-corrected chi connectivity index (χ0v) is 36.4. The van der Waals surface area contributed by atoms with Crippen molar-refractivity contribution in [1.82, 2.24) is 20.7 Å². The summed E-state index contributed by atoms with van der Waals surface area (Å²) in [6.45, 7) is 14.2. The molecular formula is C37H57Cl2N5O6S4. The van der Waals surface area contributed by atoms with Crippen LogP contribution in [0.5, 0.6) is 0 Å². The minimum absolute atomic E-state index is 0. The van der Waals surface area contributed by atoms with Gasteiger partial charge in [-0.3, -0.25) is 10.2 Å². The van der Waals surface area contributed by atoms with Gasteiger partial charge in [-0.05, 0) is 123 Å². The number of halogens is 2. The number of alkyl carbamates (subject to hydrolysis) is 1. The molecular weight excluding hydrogens is 810 g/mol. The fourth-order valence-electron chi connectivity index (χ4n) is 4.88. The van der Waals surface area contributed by atoms with Crippen LogP contribution in [0, 0.1) is 27.7 Å². The number of hydrogen-bond donors (Lipinski definition) is 3. The van der Waals surface area contributed by atoms with E-state index in [1.54, 1.807) is 43.4 Å². The number of hydrogen-bond acceptors (Lipinski definition) is 13. The summed E-state index contributed by atoms with van der Waals surface area (Å²) in [5.74, 6) is 4.47. The van der Waals surface area contributed by atoms with Crippen molar-refractivity contribution in [1.29, 1.82) is 0 Å². The number of thiophene rings is 2. The van der Waals surface area contributed by atoms with Gasteiger partial charge in [0.05, 0.1) is 34.6 Å². The van der Waals surface area contributed by atoms with E-state index < -0.39 is 23.8 Å². The van der Waals surface area contributed by atoms with Gasteiger partial charge in [-0.1, -0.05) is 7.43 Å². The third-order valence-corrected chi connectivity index (χ3v) is 11.6. The Bertz CT molecular complexity index is 1700. The van der Waals surface area contributed by atoms with Crippen molar-refractivity contribution in [3.8, 4) is 0 Å². The molecule has 0 saturated heterocycles. The van der Waals surface area contributed by atoms with Crippen molar-refractivity contribution >= 4 is 88.3 Å². The number of rotatable bonds is 16. The Morgan fingerprint density at radius 2 is 1.17 bits per heavy atom. The van der Waals surface area contributed by atoms with E-state index in [0.717, 1.165) is 67.1 Å². The first-order chi connectivity index (χ1) is 24.2. The van der Waals surface area contributed by atoms with Crippen molar-refractivity contribution in [2.24, 2.45) is 5.84 Å². The molecule has 0 fully saturated rings. The fourth-order valence-corrected chi connectivity index (χ4v) is 8.62. The van der Waals surface area contributed by atoms with E-state index in [0.29, 0.717) is 13.2 Å². The maximum atomic E-state index is 11.7. The Balaban J connectivity index is 0.00000102. The van der Waals surface area contributed by atoms with Gasteiger partial charge in [0.1, 0.15) is 12.1 Å². The molecule has 0 saturated carbocycles. The number of aryl methyl sites for hydroxylation is 10. The molecule has 11 nitrogen and oxygen atoms in total. The van der Waals surface area contributed by atoms with Gasteiger partial charge in [-0.25, -0.2) is 25.4 Å². The molecule has 4 heterocycles. The van der Waals surface area contributed by atoms with Gasteiger partial charge in [-0.2, -0.15) is 0 Å². The topological polar surface area (TPSA) is 155 Å². The minimum atomic E-state index is -0.599. The number of nitrogens with one attached hydrogen (secondary N) is 2. The molecule has 0 unspecified atom stereocenters. The Hall–Kier alpha value is -2.79. The predicted molar refractivity (Wildman–Crippen MR) is 228 cm³/mol. The van der Waals surface area contributed by atoms with E-state index in [2.05, 4.69) is 52.0 Å². The summed E-state index contributed by atoms with van der Waals surface area (Å²) < 4.78 is 15.2. The smallest absolute Gasteiger partial charge is 0.421 e. The monoisotopic (exact) mass is 865 g/mol. The molecule has 54 heavy (non-hydrogen) atoms. The van der Waals surface area contributed by atoms with Gasteiger partial charge in [0, 0.05) is 30.3 Å². The molecule has 0 bridgehead atoms. The lowest BCUT2D eigenvalue weighted by Crippen LogP contribution is -2.35. The fraction of sp³-hybridized carbons (Fsp3) is 0.541. The summed E-state index contributed by atoms with van der Waals surface area (Å²) in [4.78, 5) is 48.5. The van der Waals surface area contributed by atoms with Crippen LogP contribution >= 0.6 is 70.2 Å². The Morgan fingerprint density at radius 1 is 0.722 bits per heavy atom. The molecule has 0 aliphatic heterocycles. The van der Waals surface area contributed by atoms with Crippen molar-refractivity contribution < 1.29 is 28.6 Å². The molecule has 4 rings (SSSR count). The highest BCUT2D eigenvalue weighted by atomic mass is 35.5. The first-order valence-electron chi connectivity index (χ1n) is 16.9. The number of carbonyl (C=O) groups excluding carboxylic acids is 3. The normalized spacial score (nSPS) is 10.4. The van der Waals surface area contributed by atoms with Gasteiger partial charge in [0.15, 0.2) is 0 Å². The van der Waals surface area contributed by atoms with Gasteiger partial charge in [-0.15, -0.1) is 70.2 Å². The van der Waals surface area contributed by atoms with Crippen molar-refractivity contribution in [2.75, 3.05) is 19.8 Å². The van der Waals surface area contributed by atoms with Crippen LogP contribution in [-0.2, 0) is 57.5 Å². The van der Waals surface area contributed by atoms with Crippen LogP contribution in [0.2, 0.25) is 0 Å². The molecule has 4 aromatic rings. The zero-order valence-electron chi connectivity index (χ0n) is 31.5. The van der Waals surface area contributed by atoms with E-state index in [1.165, 1.54) is 36.3 Å². The molecule has 0 aliphatic carbocycles. The van der Waals surface area contributed by atoms with Crippen molar-refractivity contribution in [3.05, 3.63) is 74.9 Å². The molecule has 0 spiro atoms. The van der Waals surface area contributed by atoms with Crippen LogP contribution in [0.25, 0.3) is 0 Å². The lowest BCUT2D eigenvalue weighted by molar-refractivity contribution is -0.153. The van der Waals surface area contributed by atoms with Crippen molar-refractivity contribution in [2.45, 2.75) is 113 Å². The molecule has 17 heteroatoms. The van der Waals surface area contributed by atoms with Crippen LogP contribution in [0.3, 0.4) is 0 Å². The molecule has 304 valence electrons. The number of aromatic nitrogens is 2. The quantitative estimate of drug-likeness (QED) is 0.0250. The predicted octanol–water partition coefficient (Wildman–Crippen LogP) is 9.23. The minimum Gasteiger partial charge on any atom is -0.459 e. The van der Waals surface area contributed by atoms with E-state index in [-0.39, 0.29) is 38.8 Å². The number of carbonyl (C=O) groups is 3. The Labute approximate surface area is 349 Å². The molecule has 0 radical (unpaired) electrons. The summed E-state index contributed by atoms with van der Waals surface area (Å²) in [6, 6.07) is 4.50. The second-order valence-electron chi connectivity index (χ2n) is 12.9. The van der Waals surface area contributed by atoms with E-state index in [1.807, 2.05) is 41.9 Å². The van der Waals surface area contributed by atoms with Crippen LogP contribution in [0.15, 0.2) is 22.9 Å². The average Bonchev–Trinajstić information content (AvgIpc) is 3.85. The van der Waals surface area contributed by atoms with Crippen molar-refractivity contribution in [3.63, 3.8) is 0 Å². The van der Waals surface area contributed by atoms with Gasteiger partial charge in [0.25, 0.3) is 0 Å². The zero-order chi connectivity index (χ0) is 37.4. The summed E-state index contributed by atoms with van der Waals surface area (Å²) in [7, 11) is 0. The third kappa shape index (κ3) is 20.2. The first-order valence-corrected chi connectivity index (χ1v) is 20.3. The standard InChI is InChI=1S/C21H30N2O4S2.C15H21N3O2S2.CH4.2ClH/c1-14-11-17(9-8-16-13-28-15(2)23-16)29-18(14)7-6-10-26-20(25)22-12-19(24)27-21(3,4)5;1-10-8-13(6-5-12-9-21-11(2)17-12)22-14(10)4-3-7-20-15(19)18-16;;;/h11,13H,6-10,12H2,1-5H3,(H,22,25);8-9H,3-7,16H2,1-2H3,(H,18,19);1H4;2*1H. The van der Waals surface area contributed by atoms with E-state index >= 15 is 0 Å². The molecule has 4 aromatic heterocycles. The highest BCUT2D eigenvalue weighted by Gasteiger charge is 2.17. The molecule has 0 aromatic carbocycles. The Kier molecular flexibility index (Phi) is 24.8. The number of amides is 2. The molecule has 4 N–H and O–H groups in total. The SMILES string of the molecule is C.Cc1nc(CCc2cc(C)c(CCCOC(=O)NCC(=O)OC(C)(C)C)s2)cs1.Cc1nc(CCc2cc(C)c(CCCOC(=O)NN)s2)cs1.Cl.Cl. The lowest BCUT2D eigenvalue weighted by Gasteiger charge is -2.19. The highest BCUT2D eigenvalue weighted by molar-refractivity contribution is 7.12. The second-order valence-corrected chi connectivity index (χ2v) is 17.5. The number of ether oxygens (including phenoxy) is 3. The average molecular weight is 867 g/mol. The first kappa shape index (κ1) is 51.2. The van der Waals surface area contributed by atoms with Crippen LogP contribution in [0.4, 0.5) is 9.59 Å². The summed E-state index contributed by atoms with van der Waals surface area (Å²) in [5.41, 5.74) is 6.32. The van der Waals surface area contributed by atoms with Crippen LogP contribution < -0.4 is 16.6 Å². The van der Waals surface area contributed by atoms with Crippen LogP contribution in [0.1, 0.15) is 93.1 Å². The number of esters is 1. The second kappa shape index (κ2) is 26.1. The number of nitrogens with zero attached hydrogens (tertiary/aromatic N) is 2. The van der Waals surface area contributed by atoms with E-state index in [4.69, 9.17) is 20.1 Å². The van der Waals surface area contributed by atoms with Gasteiger partial charge < -0.3 is 19.5 Å². The number of thiazole rings is 2. The van der Waals surface area contributed by atoms with E-state index in [9.17, 15) is 14.4 Å². The molecule has 2 amide bonds. The summed E-state index contributed by atoms with van der Waals surface area (Å²) >= 11 is 7.06. The number of hydrazine groups is 1. The number of nitrogens with two attached hydrogens (primary N) is 1. The molecule has 0 atom stereocenters. The molecule has 0 aliphatic rings. The maximum absolute atomic E-state index is 11.7.